The van der Waals surface area contributed by atoms with Crippen molar-refractivity contribution in [2.24, 2.45) is 0 Å². The molecule has 9 heteroatoms. The van der Waals surface area contributed by atoms with Gasteiger partial charge in [0, 0.05) is 6.42 Å². The summed E-state index contributed by atoms with van der Waals surface area (Å²) in [6.45, 7) is 4.23. The van der Waals surface area contributed by atoms with Crippen LogP contribution in [0.3, 0.4) is 0 Å². The van der Waals surface area contributed by atoms with E-state index in [4.69, 9.17) is 9.84 Å². The summed E-state index contributed by atoms with van der Waals surface area (Å²) >= 11 is 0. The standard InChI is InChI=1S/C11H16F3NO5/c1-10(2,3)20-9(18)15-5-6(19-11(12,13)14)4-7(15)8(16)17/h6-7H,4-5H2,1-3H3,(H,16,17)/t6-,7+/m0/s1. The number of aliphatic carboxylic acids is 1. The first-order valence-electron chi connectivity index (χ1n) is 5.86. The monoisotopic (exact) mass is 299 g/mol. The molecule has 1 amide bonds. The van der Waals surface area contributed by atoms with E-state index in [9.17, 15) is 22.8 Å². The third kappa shape index (κ3) is 4.87. The number of likely N-dealkylation sites (tertiary alicyclic amines) is 1. The number of carbonyl (C=O) groups excluding carboxylic acids is 1. The van der Waals surface area contributed by atoms with Crippen molar-refractivity contribution >= 4 is 12.1 Å². The van der Waals surface area contributed by atoms with Crippen molar-refractivity contribution in [1.82, 2.24) is 4.90 Å². The molecule has 1 aliphatic rings. The smallest absolute Gasteiger partial charge is 0.480 e. The third-order valence-electron chi connectivity index (χ3n) is 2.48. The number of ether oxygens (including phenoxy) is 2. The molecule has 0 unspecified atom stereocenters. The van der Waals surface area contributed by atoms with Crippen LogP contribution in [0.2, 0.25) is 0 Å². The third-order valence-corrected chi connectivity index (χ3v) is 2.48. The second kappa shape index (κ2) is 5.47. The van der Waals surface area contributed by atoms with Gasteiger partial charge in [0.15, 0.2) is 0 Å². The van der Waals surface area contributed by atoms with Crippen LogP contribution >= 0.6 is 0 Å². The summed E-state index contributed by atoms with van der Waals surface area (Å²) in [5.74, 6) is -1.40. The van der Waals surface area contributed by atoms with E-state index in [1.54, 1.807) is 20.8 Å². The van der Waals surface area contributed by atoms with E-state index in [1.165, 1.54) is 0 Å². The number of carboxylic acids is 1. The Morgan fingerprint density at radius 1 is 1.25 bits per heavy atom. The number of carbonyl (C=O) groups is 2. The molecule has 1 N–H and O–H groups in total. The fourth-order valence-corrected chi connectivity index (χ4v) is 1.83. The molecular formula is C11H16F3NO5. The lowest BCUT2D eigenvalue weighted by atomic mass is 10.2. The van der Waals surface area contributed by atoms with E-state index in [0.29, 0.717) is 0 Å². The molecule has 1 aliphatic heterocycles. The first-order chi connectivity index (χ1) is 8.89. The number of carboxylic acid groups (broad SMARTS) is 1. The molecule has 0 aromatic carbocycles. The van der Waals surface area contributed by atoms with Crippen LogP contribution in [0.25, 0.3) is 0 Å². The number of nitrogens with zero attached hydrogens (tertiary/aromatic N) is 1. The fourth-order valence-electron chi connectivity index (χ4n) is 1.83. The van der Waals surface area contributed by atoms with Gasteiger partial charge in [0.1, 0.15) is 11.6 Å². The highest BCUT2D eigenvalue weighted by Crippen LogP contribution is 2.28. The number of hydrogen-bond acceptors (Lipinski definition) is 4. The molecule has 116 valence electrons. The van der Waals surface area contributed by atoms with Crippen molar-refractivity contribution in [3.05, 3.63) is 0 Å². The largest absolute Gasteiger partial charge is 0.522 e. The van der Waals surface area contributed by atoms with Crippen molar-refractivity contribution < 1.29 is 37.3 Å². The van der Waals surface area contributed by atoms with Gasteiger partial charge in [0.05, 0.1) is 12.6 Å². The summed E-state index contributed by atoms with van der Waals surface area (Å²) in [4.78, 5) is 23.5. The van der Waals surface area contributed by atoms with Gasteiger partial charge >= 0.3 is 18.4 Å². The number of alkyl halides is 3. The summed E-state index contributed by atoms with van der Waals surface area (Å²) in [5, 5.41) is 8.96. The van der Waals surface area contributed by atoms with Crippen LogP contribution in [0.15, 0.2) is 0 Å². The van der Waals surface area contributed by atoms with Crippen molar-refractivity contribution in [1.29, 1.82) is 0 Å². The molecular weight excluding hydrogens is 283 g/mol. The molecule has 0 aliphatic carbocycles. The molecule has 1 fully saturated rings. The topological polar surface area (TPSA) is 76.1 Å². The molecule has 0 bridgehead atoms. The Balaban J connectivity index is 2.78. The van der Waals surface area contributed by atoms with E-state index in [1.807, 2.05) is 0 Å². The van der Waals surface area contributed by atoms with Gasteiger partial charge in [-0.15, -0.1) is 13.2 Å². The maximum Gasteiger partial charge on any atom is 0.522 e. The molecule has 1 saturated heterocycles. The molecule has 1 rings (SSSR count). The van der Waals surface area contributed by atoms with E-state index in [0.717, 1.165) is 4.90 Å². The zero-order valence-electron chi connectivity index (χ0n) is 11.2. The van der Waals surface area contributed by atoms with Crippen LogP contribution < -0.4 is 0 Å². The Hall–Kier alpha value is -1.51. The van der Waals surface area contributed by atoms with E-state index in [-0.39, 0.29) is 0 Å². The number of hydrogen-bond donors (Lipinski definition) is 1. The van der Waals surface area contributed by atoms with Gasteiger partial charge in [-0.05, 0) is 20.8 Å². The van der Waals surface area contributed by atoms with Crippen molar-refractivity contribution in [2.75, 3.05) is 6.54 Å². The van der Waals surface area contributed by atoms with Crippen LogP contribution in [0.5, 0.6) is 0 Å². The highest BCUT2D eigenvalue weighted by atomic mass is 19.4. The van der Waals surface area contributed by atoms with Gasteiger partial charge in [0.2, 0.25) is 0 Å². The van der Waals surface area contributed by atoms with E-state index >= 15 is 0 Å². The normalized spacial score (nSPS) is 23.8. The highest BCUT2D eigenvalue weighted by molar-refractivity contribution is 5.81. The quantitative estimate of drug-likeness (QED) is 0.844. The molecule has 0 radical (unpaired) electrons. The van der Waals surface area contributed by atoms with Gasteiger partial charge in [0.25, 0.3) is 0 Å². The Morgan fingerprint density at radius 2 is 1.80 bits per heavy atom. The first kappa shape index (κ1) is 16.5. The van der Waals surface area contributed by atoms with Crippen molar-refractivity contribution in [3.8, 4) is 0 Å². The van der Waals surface area contributed by atoms with Gasteiger partial charge in [-0.1, -0.05) is 0 Å². The van der Waals surface area contributed by atoms with Crippen LogP contribution in [0.4, 0.5) is 18.0 Å². The Kier molecular flexibility index (Phi) is 4.52. The van der Waals surface area contributed by atoms with Crippen molar-refractivity contribution in [2.45, 2.75) is 51.3 Å². The van der Waals surface area contributed by atoms with Crippen LogP contribution in [0, 0.1) is 0 Å². The average molecular weight is 299 g/mol. The lowest BCUT2D eigenvalue weighted by Crippen LogP contribution is -2.43. The summed E-state index contributed by atoms with van der Waals surface area (Å²) < 4.78 is 45.1. The summed E-state index contributed by atoms with van der Waals surface area (Å²) in [6.07, 6.45) is -7.70. The minimum atomic E-state index is -4.88. The minimum Gasteiger partial charge on any atom is -0.480 e. The van der Waals surface area contributed by atoms with Gasteiger partial charge in [-0.2, -0.15) is 0 Å². The molecule has 0 saturated carbocycles. The summed E-state index contributed by atoms with van der Waals surface area (Å²) in [5.41, 5.74) is -0.872. The summed E-state index contributed by atoms with van der Waals surface area (Å²) in [6, 6.07) is -1.39. The Bertz CT molecular complexity index is 391. The van der Waals surface area contributed by atoms with Crippen LogP contribution in [0.1, 0.15) is 27.2 Å². The van der Waals surface area contributed by atoms with Crippen LogP contribution in [-0.4, -0.2) is 52.7 Å². The Labute approximate surface area is 113 Å². The Morgan fingerprint density at radius 3 is 2.20 bits per heavy atom. The molecule has 2 atom stereocenters. The molecule has 0 aromatic heterocycles. The number of rotatable bonds is 2. The molecule has 1 heterocycles. The second-order valence-corrected chi connectivity index (χ2v) is 5.41. The van der Waals surface area contributed by atoms with Crippen LogP contribution in [-0.2, 0) is 14.3 Å². The van der Waals surface area contributed by atoms with Crippen molar-refractivity contribution in [3.63, 3.8) is 0 Å². The zero-order chi connectivity index (χ0) is 15.7. The summed E-state index contributed by atoms with van der Waals surface area (Å²) in [7, 11) is 0. The van der Waals surface area contributed by atoms with Gasteiger partial charge in [-0.25, -0.2) is 9.59 Å². The number of halogens is 3. The van der Waals surface area contributed by atoms with Gasteiger partial charge < -0.3 is 9.84 Å². The van der Waals surface area contributed by atoms with E-state index in [2.05, 4.69) is 4.74 Å². The second-order valence-electron chi connectivity index (χ2n) is 5.41. The predicted molar refractivity (Wildman–Crippen MR) is 59.9 cm³/mol. The predicted octanol–water partition coefficient (Wildman–Crippen LogP) is 1.99. The average Bonchev–Trinajstić information content (AvgIpc) is 2.56. The molecule has 6 nitrogen and oxygen atoms in total. The minimum absolute atomic E-state index is 0.436. The first-order valence-corrected chi connectivity index (χ1v) is 5.86. The maximum absolute atomic E-state index is 12.1. The lowest BCUT2D eigenvalue weighted by molar-refractivity contribution is -0.340. The maximum atomic E-state index is 12.1. The number of amides is 1. The molecule has 0 spiro atoms. The van der Waals surface area contributed by atoms with Gasteiger partial charge in [-0.3, -0.25) is 9.64 Å². The fraction of sp³-hybridized carbons (Fsp3) is 0.818. The van der Waals surface area contributed by atoms with E-state index < -0.39 is 49.1 Å². The molecule has 20 heavy (non-hydrogen) atoms. The molecule has 0 aromatic rings. The highest BCUT2D eigenvalue weighted by Gasteiger charge is 2.46. The lowest BCUT2D eigenvalue weighted by Gasteiger charge is -2.26. The SMILES string of the molecule is CC(C)(C)OC(=O)N1C[C@@H](OC(F)(F)F)C[C@@H]1C(=O)O. The zero-order valence-corrected chi connectivity index (χ0v) is 11.2.